The van der Waals surface area contributed by atoms with E-state index in [0.29, 0.717) is 29.4 Å². The van der Waals surface area contributed by atoms with Crippen molar-refractivity contribution < 1.29 is 19.1 Å². The molecule has 6 nitrogen and oxygen atoms in total. The van der Waals surface area contributed by atoms with E-state index in [1.807, 2.05) is 18.2 Å². The molecule has 1 saturated heterocycles. The van der Waals surface area contributed by atoms with Gasteiger partial charge in [-0.2, -0.15) is 0 Å². The zero-order valence-electron chi connectivity index (χ0n) is 18.2. The number of carbonyl (C=O) groups is 2. The number of benzene rings is 3. The molecule has 0 atom stereocenters. The third-order valence-corrected chi connectivity index (χ3v) is 7.13. The Labute approximate surface area is 232 Å². The number of ether oxygens (including phenoxy) is 2. The van der Waals surface area contributed by atoms with Gasteiger partial charge in [-0.3, -0.25) is 19.8 Å². The van der Waals surface area contributed by atoms with Gasteiger partial charge in [0.2, 0.25) is 0 Å². The molecule has 1 aliphatic heterocycles. The Morgan fingerprint density at radius 1 is 0.943 bits per heavy atom. The number of rotatable bonds is 6. The van der Waals surface area contributed by atoms with Crippen molar-refractivity contribution in [3.05, 3.63) is 90.8 Å². The molecule has 2 amide bonds. The number of thiocarbonyl (C=S) groups is 1. The van der Waals surface area contributed by atoms with E-state index in [2.05, 4.69) is 53.1 Å². The van der Waals surface area contributed by atoms with Gasteiger partial charge in [-0.05, 0) is 72.4 Å². The van der Waals surface area contributed by atoms with Crippen LogP contribution in [0.5, 0.6) is 11.5 Å². The summed E-state index contributed by atoms with van der Waals surface area (Å²) in [5, 5.41) is 2.61. The molecule has 178 valence electrons. The van der Waals surface area contributed by atoms with E-state index in [0.717, 1.165) is 19.0 Å². The lowest BCUT2D eigenvalue weighted by molar-refractivity contribution is -0.122. The summed E-state index contributed by atoms with van der Waals surface area (Å²) in [6.07, 6.45) is 1.50. The predicted molar refractivity (Wildman–Crippen MR) is 150 cm³/mol. The number of amides is 2. The van der Waals surface area contributed by atoms with Crippen molar-refractivity contribution in [1.29, 1.82) is 0 Å². The summed E-state index contributed by atoms with van der Waals surface area (Å²) in [6.45, 7) is 0.325. The molecule has 35 heavy (non-hydrogen) atoms. The van der Waals surface area contributed by atoms with Crippen LogP contribution in [-0.2, 0) is 16.2 Å². The van der Waals surface area contributed by atoms with Crippen LogP contribution in [0.2, 0.25) is 0 Å². The highest BCUT2D eigenvalue weighted by atomic mass is 79.9. The zero-order chi connectivity index (χ0) is 25.1. The predicted octanol–water partition coefficient (Wildman–Crippen LogP) is 6.39. The second kappa shape index (κ2) is 11.0. The molecule has 10 heteroatoms. The van der Waals surface area contributed by atoms with E-state index < -0.39 is 11.8 Å². The van der Waals surface area contributed by atoms with Crippen LogP contribution in [-0.4, -0.2) is 24.0 Å². The molecule has 0 radical (unpaired) electrons. The highest BCUT2D eigenvalue weighted by Crippen LogP contribution is 2.32. The maximum Gasteiger partial charge on any atom is 0.270 e. The SMILES string of the molecule is COc1cc(/C=C2\C(=O)NC(=S)N(c3ccc(Br)cc3)C2=O)ccc1OCc1ccc(Br)cc1Br. The van der Waals surface area contributed by atoms with Crippen LogP contribution in [0.3, 0.4) is 0 Å². The first-order valence-electron chi connectivity index (χ1n) is 10.2. The molecule has 0 unspecified atom stereocenters. The third kappa shape index (κ3) is 5.83. The van der Waals surface area contributed by atoms with Crippen molar-refractivity contribution >= 4 is 88.7 Å². The van der Waals surface area contributed by atoms with Crippen LogP contribution in [0.25, 0.3) is 6.08 Å². The molecule has 0 saturated carbocycles. The van der Waals surface area contributed by atoms with Crippen molar-refractivity contribution in [3.8, 4) is 11.5 Å². The number of anilines is 1. The quantitative estimate of drug-likeness (QED) is 0.186. The van der Waals surface area contributed by atoms with E-state index in [1.54, 1.807) is 42.5 Å². The monoisotopic (exact) mass is 678 g/mol. The Kier molecular flexibility index (Phi) is 8.05. The number of carbonyl (C=O) groups excluding carboxylic acids is 2. The molecule has 1 aliphatic rings. The van der Waals surface area contributed by atoms with E-state index >= 15 is 0 Å². The summed E-state index contributed by atoms with van der Waals surface area (Å²) in [4.78, 5) is 27.1. The Bertz CT molecular complexity index is 1360. The minimum absolute atomic E-state index is 0.0277. The van der Waals surface area contributed by atoms with E-state index in [4.69, 9.17) is 21.7 Å². The van der Waals surface area contributed by atoms with Crippen LogP contribution in [0.1, 0.15) is 11.1 Å². The summed E-state index contributed by atoms with van der Waals surface area (Å²) < 4.78 is 14.2. The largest absolute Gasteiger partial charge is 0.493 e. The highest BCUT2D eigenvalue weighted by molar-refractivity contribution is 9.11. The lowest BCUT2D eigenvalue weighted by Crippen LogP contribution is -2.54. The first kappa shape index (κ1) is 25.6. The minimum atomic E-state index is -0.562. The van der Waals surface area contributed by atoms with Crippen molar-refractivity contribution in [2.75, 3.05) is 12.0 Å². The van der Waals surface area contributed by atoms with Gasteiger partial charge in [-0.1, -0.05) is 59.9 Å². The molecule has 3 aromatic carbocycles. The van der Waals surface area contributed by atoms with Gasteiger partial charge in [0, 0.05) is 19.0 Å². The summed E-state index contributed by atoms with van der Waals surface area (Å²) in [5.74, 6) is -0.0775. The molecular weight excluding hydrogens is 664 g/mol. The first-order valence-corrected chi connectivity index (χ1v) is 13.0. The summed E-state index contributed by atoms with van der Waals surface area (Å²) in [6, 6.07) is 18.1. The number of halogens is 3. The standard InChI is InChI=1S/C25H17Br3N2O4S/c1-33-22-11-14(2-9-21(22)34-13-15-3-4-17(27)12-20(15)28)10-19-23(31)29-25(35)30(24(19)32)18-7-5-16(26)6-8-18/h2-12H,13H2,1H3,(H,29,31,35)/b19-10+. The lowest BCUT2D eigenvalue weighted by Gasteiger charge is -2.29. The second-order valence-electron chi connectivity index (χ2n) is 7.37. The van der Waals surface area contributed by atoms with Gasteiger partial charge in [0.1, 0.15) is 12.2 Å². The van der Waals surface area contributed by atoms with E-state index in [-0.39, 0.29) is 10.7 Å². The zero-order valence-corrected chi connectivity index (χ0v) is 23.8. The van der Waals surface area contributed by atoms with Gasteiger partial charge < -0.3 is 9.47 Å². The topological polar surface area (TPSA) is 67.9 Å². The van der Waals surface area contributed by atoms with E-state index in [1.165, 1.54) is 18.1 Å². The minimum Gasteiger partial charge on any atom is -0.493 e. The van der Waals surface area contributed by atoms with Crippen LogP contribution in [0.15, 0.2) is 79.7 Å². The Balaban J connectivity index is 1.59. The molecular formula is C25H17Br3N2O4S. The molecule has 1 fully saturated rings. The molecule has 4 rings (SSSR count). The number of hydrogen-bond acceptors (Lipinski definition) is 5. The average Bonchev–Trinajstić information content (AvgIpc) is 2.82. The first-order chi connectivity index (χ1) is 16.8. The molecule has 0 aromatic heterocycles. The van der Waals surface area contributed by atoms with Crippen molar-refractivity contribution in [3.63, 3.8) is 0 Å². The molecule has 0 spiro atoms. The van der Waals surface area contributed by atoms with Crippen LogP contribution in [0.4, 0.5) is 5.69 Å². The van der Waals surface area contributed by atoms with Gasteiger partial charge >= 0.3 is 0 Å². The van der Waals surface area contributed by atoms with Crippen LogP contribution < -0.4 is 19.7 Å². The number of hydrogen-bond donors (Lipinski definition) is 1. The summed E-state index contributed by atoms with van der Waals surface area (Å²) in [5.41, 5.74) is 2.07. The fraction of sp³-hybridized carbons (Fsp3) is 0.0800. The molecule has 0 bridgehead atoms. The average molecular weight is 681 g/mol. The van der Waals surface area contributed by atoms with Gasteiger partial charge in [0.25, 0.3) is 11.8 Å². The lowest BCUT2D eigenvalue weighted by atomic mass is 10.1. The Hall–Kier alpha value is -2.53. The molecule has 0 aliphatic carbocycles. The van der Waals surface area contributed by atoms with Gasteiger partial charge in [-0.25, -0.2) is 0 Å². The van der Waals surface area contributed by atoms with Crippen molar-refractivity contribution in [2.24, 2.45) is 0 Å². The Morgan fingerprint density at radius 2 is 1.66 bits per heavy atom. The van der Waals surface area contributed by atoms with Gasteiger partial charge in [0.15, 0.2) is 16.6 Å². The Morgan fingerprint density at radius 3 is 2.34 bits per heavy atom. The van der Waals surface area contributed by atoms with Gasteiger partial charge in [-0.15, -0.1) is 0 Å². The third-order valence-electron chi connectivity index (χ3n) is 5.08. The fourth-order valence-corrected chi connectivity index (χ4v) is 5.04. The molecule has 1 N–H and O–H groups in total. The van der Waals surface area contributed by atoms with Crippen LogP contribution >= 0.6 is 60.0 Å². The second-order valence-corrected chi connectivity index (χ2v) is 10.4. The fourth-order valence-electron chi connectivity index (χ4n) is 3.34. The maximum absolute atomic E-state index is 13.2. The normalized spacial score (nSPS) is 14.8. The highest BCUT2D eigenvalue weighted by Gasteiger charge is 2.34. The summed E-state index contributed by atoms with van der Waals surface area (Å²) in [7, 11) is 1.53. The summed E-state index contributed by atoms with van der Waals surface area (Å²) >= 11 is 15.6. The van der Waals surface area contributed by atoms with Crippen molar-refractivity contribution in [2.45, 2.75) is 6.61 Å². The molecule has 1 heterocycles. The van der Waals surface area contributed by atoms with Crippen molar-refractivity contribution in [1.82, 2.24) is 5.32 Å². The van der Waals surface area contributed by atoms with E-state index in [9.17, 15) is 9.59 Å². The molecule has 3 aromatic rings. The van der Waals surface area contributed by atoms with Gasteiger partial charge in [0.05, 0.1) is 12.8 Å². The maximum atomic E-state index is 13.2. The van der Waals surface area contributed by atoms with Crippen LogP contribution in [0, 0.1) is 0 Å². The number of nitrogens with one attached hydrogen (secondary N) is 1. The number of nitrogens with zero attached hydrogens (tertiary/aromatic N) is 1. The smallest absolute Gasteiger partial charge is 0.270 e. The number of methoxy groups -OCH3 is 1.